The van der Waals surface area contributed by atoms with Crippen LogP contribution in [0.1, 0.15) is 55.1 Å². The van der Waals surface area contributed by atoms with Crippen LogP contribution in [0.25, 0.3) is 10.9 Å². The lowest BCUT2D eigenvalue weighted by Gasteiger charge is -2.39. The summed E-state index contributed by atoms with van der Waals surface area (Å²) >= 11 is 0. The maximum atomic E-state index is 15.2. The van der Waals surface area contributed by atoms with E-state index in [2.05, 4.69) is 10.6 Å². The molecule has 0 spiro atoms. The Morgan fingerprint density at radius 3 is 2.32 bits per heavy atom. The standard InChI is InChI=1S/C32H48FN5O6/c1-22(34-3)30(40)35-29(24-7-5-4-6-8-24)32(42)37-13-11-36(12-14-37)31(41)25-9-10-27-26(21-25)28(33)23(2)38(27)15-17-43-19-20-44-18-16-39/h9-10,21-22,24,29,34,39H,4-8,11-20H2,1-3H3,(H,35,40). The molecule has 3 N–H and O–H groups in total. The molecule has 2 unspecified atom stereocenters. The Kier molecular flexibility index (Phi) is 12.5. The molecule has 1 saturated heterocycles. The lowest BCUT2D eigenvalue weighted by Crippen LogP contribution is -2.59. The maximum absolute atomic E-state index is 15.2. The Hall–Kier alpha value is -3.06. The van der Waals surface area contributed by atoms with Gasteiger partial charge in [0.15, 0.2) is 5.82 Å². The van der Waals surface area contributed by atoms with Gasteiger partial charge in [-0.3, -0.25) is 14.4 Å². The minimum absolute atomic E-state index is 0.0349. The first-order chi connectivity index (χ1) is 21.3. The number of hydrogen-bond acceptors (Lipinski definition) is 7. The third-order valence-corrected chi connectivity index (χ3v) is 8.95. The summed E-state index contributed by atoms with van der Waals surface area (Å²) in [5, 5.41) is 15.1. The van der Waals surface area contributed by atoms with Crippen LogP contribution < -0.4 is 10.6 Å². The number of nitrogens with one attached hydrogen (secondary N) is 2. The van der Waals surface area contributed by atoms with E-state index in [4.69, 9.17) is 14.6 Å². The molecule has 2 fully saturated rings. The van der Waals surface area contributed by atoms with Crippen molar-refractivity contribution in [3.63, 3.8) is 0 Å². The normalized spacial score (nSPS) is 17.6. The van der Waals surface area contributed by atoms with Crippen molar-refractivity contribution in [3.8, 4) is 0 Å². The highest BCUT2D eigenvalue weighted by atomic mass is 19.1. The zero-order valence-corrected chi connectivity index (χ0v) is 26.3. The molecule has 12 heteroatoms. The molecule has 0 bridgehead atoms. The number of halogens is 1. The molecule has 1 saturated carbocycles. The quantitative estimate of drug-likeness (QED) is 0.277. The second-order valence-electron chi connectivity index (χ2n) is 11.7. The predicted molar refractivity (Wildman–Crippen MR) is 165 cm³/mol. The van der Waals surface area contributed by atoms with Crippen molar-refractivity contribution in [1.82, 2.24) is 25.0 Å². The molecular formula is C32H48FN5O6. The number of fused-ring (bicyclic) bond motifs is 1. The number of carbonyl (C=O) groups is 3. The number of piperazine rings is 1. The summed E-state index contributed by atoms with van der Waals surface area (Å²) in [5.74, 6) is -0.718. The lowest BCUT2D eigenvalue weighted by atomic mass is 9.83. The highest BCUT2D eigenvalue weighted by Crippen LogP contribution is 2.29. The van der Waals surface area contributed by atoms with E-state index in [-0.39, 0.29) is 42.7 Å². The van der Waals surface area contributed by atoms with Gasteiger partial charge in [0.1, 0.15) is 6.04 Å². The van der Waals surface area contributed by atoms with Gasteiger partial charge < -0.3 is 39.6 Å². The van der Waals surface area contributed by atoms with Gasteiger partial charge in [-0.05, 0) is 57.9 Å². The lowest BCUT2D eigenvalue weighted by molar-refractivity contribution is -0.140. The topological polar surface area (TPSA) is 125 Å². The largest absolute Gasteiger partial charge is 0.394 e. The number of carbonyl (C=O) groups excluding carboxylic acids is 3. The number of hydrogen-bond donors (Lipinski definition) is 3. The van der Waals surface area contributed by atoms with Gasteiger partial charge >= 0.3 is 0 Å². The van der Waals surface area contributed by atoms with Gasteiger partial charge in [-0.1, -0.05) is 19.3 Å². The fourth-order valence-corrected chi connectivity index (χ4v) is 6.17. The Morgan fingerprint density at radius 1 is 1.00 bits per heavy atom. The monoisotopic (exact) mass is 617 g/mol. The first-order valence-corrected chi connectivity index (χ1v) is 15.9. The van der Waals surface area contributed by atoms with Crippen molar-refractivity contribution < 1.29 is 33.4 Å². The minimum Gasteiger partial charge on any atom is -0.394 e. The van der Waals surface area contributed by atoms with E-state index in [0.717, 1.165) is 32.1 Å². The summed E-state index contributed by atoms with van der Waals surface area (Å²) < 4.78 is 27.9. The first-order valence-electron chi connectivity index (χ1n) is 15.9. The van der Waals surface area contributed by atoms with Crippen LogP contribution in [-0.4, -0.2) is 116 Å². The maximum Gasteiger partial charge on any atom is 0.253 e. The first kappa shape index (κ1) is 33.8. The molecule has 2 atom stereocenters. The number of aliphatic hydroxyl groups is 1. The summed E-state index contributed by atoms with van der Waals surface area (Å²) in [6.45, 7) is 6.77. The molecule has 2 heterocycles. The van der Waals surface area contributed by atoms with Gasteiger partial charge in [0, 0.05) is 43.7 Å². The second-order valence-corrected chi connectivity index (χ2v) is 11.7. The van der Waals surface area contributed by atoms with Gasteiger partial charge in [0.25, 0.3) is 5.91 Å². The van der Waals surface area contributed by atoms with Crippen LogP contribution in [-0.2, 0) is 25.6 Å². The summed E-state index contributed by atoms with van der Waals surface area (Å²) in [6.07, 6.45) is 5.08. The van der Waals surface area contributed by atoms with E-state index in [1.807, 2.05) is 4.57 Å². The molecule has 0 radical (unpaired) electrons. The molecule has 3 amide bonds. The average Bonchev–Trinajstić information content (AvgIpc) is 3.30. The van der Waals surface area contributed by atoms with Crippen molar-refractivity contribution in [1.29, 1.82) is 0 Å². The van der Waals surface area contributed by atoms with Gasteiger partial charge in [-0.2, -0.15) is 0 Å². The van der Waals surface area contributed by atoms with Crippen molar-refractivity contribution in [2.75, 3.05) is 66.3 Å². The van der Waals surface area contributed by atoms with E-state index in [9.17, 15) is 14.4 Å². The van der Waals surface area contributed by atoms with E-state index in [1.54, 1.807) is 48.9 Å². The summed E-state index contributed by atoms with van der Waals surface area (Å²) in [5.41, 5.74) is 1.56. The third-order valence-electron chi connectivity index (χ3n) is 8.95. The van der Waals surface area contributed by atoms with Crippen LogP contribution in [0.2, 0.25) is 0 Å². The van der Waals surface area contributed by atoms with E-state index in [1.165, 1.54) is 0 Å². The fraction of sp³-hybridized carbons (Fsp3) is 0.656. The number of nitrogens with zero attached hydrogens (tertiary/aromatic N) is 3. The van der Waals surface area contributed by atoms with Gasteiger partial charge in [0.05, 0.1) is 50.3 Å². The van der Waals surface area contributed by atoms with E-state index in [0.29, 0.717) is 74.7 Å². The van der Waals surface area contributed by atoms with Gasteiger partial charge in [0.2, 0.25) is 11.8 Å². The molecule has 1 aliphatic heterocycles. The fourth-order valence-electron chi connectivity index (χ4n) is 6.17. The van der Waals surface area contributed by atoms with Gasteiger partial charge in [-0.15, -0.1) is 0 Å². The van der Waals surface area contributed by atoms with Crippen LogP contribution in [0, 0.1) is 18.7 Å². The average molecular weight is 618 g/mol. The minimum atomic E-state index is -0.566. The van der Waals surface area contributed by atoms with Crippen LogP contribution >= 0.6 is 0 Å². The van der Waals surface area contributed by atoms with Crippen molar-refractivity contribution in [2.45, 2.75) is 64.6 Å². The number of rotatable bonds is 14. The van der Waals surface area contributed by atoms with Gasteiger partial charge in [-0.25, -0.2) is 4.39 Å². The Balaban J connectivity index is 1.37. The Bertz CT molecular complexity index is 1270. The molecular weight excluding hydrogens is 569 g/mol. The van der Waals surface area contributed by atoms with Crippen LogP contribution in [0.5, 0.6) is 0 Å². The van der Waals surface area contributed by atoms with Crippen molar-refractivity contribution in [3.05, 3.63) is 35.3 Å². The number of ether oxygens (including phenoxy) is 2. The number of aromatic nitrogens is 1. The molecule has 1 aromatic carbocycles. The second kappa shape index (κ2) is 16.3. The molecule has 1 aromatic heterocycles. The molecule has 4 rings (SSSR count). The molecule has 244 valence electrons. The number of aliphatic hydroxyl groups excluding tert-OH is 1. The zero-order valence-electron chi connectivity index (χ0n) is 26.3. The zero-order chi connectivity index (χ0) is 31.6. The predicted octanol–water partition coefficient (Wildman–Crippen LogP) is 2.07. The molecule has 44 heavy (non-hydrogen) atoms. The van der Waals surface area contributed by atoms with Crippen molar-refractivity contribution >= 4 is 28.6 Å². The highest BCUT2D eigenvalue weighted by Gasteiger charge is 2.36. The van der Waals surface area contributed by atoms with Crippen LogP contribution in [0.3, 0.4) is 0 Å². The van der Waals surface area contributed by atoms with Crippen molar-refractivity contribution in [2.24, 2.45) is 5.92 Å². The SMILES string of the molecule is CNC(C)C(=O)NC(C(=O)N1CCN(C(=O)c2ccc3c(c2)c(F)c(C)n3CCOCCOCCO)CC1)C1CCCCC1. The van der Waals surface area contributed by atoms with Crippen LogP contribution in [0.4, 0.5) is 4.39 Å². The van der Waals surface area contributed by atoms with E-state index >= 15 is 4.39 Å². The van der Waals surface area contributed by atoms with Crippen LogP contribution in [0.15, 0.2) is 18.2 Å². The smallest absolute Gasteiger partial charge is 0.253 e. The summed E-state index contributed by atoms with van der Waals surface area (Å²) in [6, 6.07) is 4.13. The molecule has 2 aromatic rings. The highest BCUT2D eigenvalue weighted by molar-refractivity contribution is 5.99. The number of benzene rings is 1. The summed E-state index contributed by atoms with van der Waals surface area (Å²) in [4.78, 5) is 43.3. The number of likely N-dealkylation sites (N-methyl/N-ethyl adjacent to an activating group) is 1. The van der Waals surface area contributed by atoms with E-state index < -0.39 is 12.1 Å². The third kappa shape index (κ3) is 8.15. The number of amides is 3. The summed E-state index contributed by atoms with van der Waals surface area (Å²) in [7, 11) is 1.72. The molecule has 2 aliphatic rings. The Morgan fingerprint density at radius 2 is 1.66 bits per heavy atom. The molecule has 1 aliphatic carbocycles. The Labute approximate surface area is 259 Å². The molecule has 11 nitrogen and oxygen atoms in total.